The van der Waals surface area contributed by atoms with Crippen molar-refractivity contribution < 1.29 is 9.53 Å². The minimum atomic E-state index is -0.439. The summed E-state index contributed by atoms with van der Waals surface area (Å²) in [6, 6.07) is 0. The van der Waals surface area contributed by atoms with E-state index in [4.69, 9.17) is 5.73 Å². The molecule has 1 saturated carbocycles. The number of rotatable bonds is 4. The topological polar surface area (TPSA) is 65.2 Å². The van der Waals surface area contributed by atoms with Gasteiger partial charge >= 0.3 is 5.97 Å². The number of hydrogen-bond donors (Lipinski definition) is 1. The Balaban J connectivity index is 1.94. The van der Waals surface area contributed by atoms with Crippen LogP contribution in [0.5, 0.6) is 0 Å². The van der Waals surface area contributed by atoms with Crippen LogP contribution in [0.4, 0.5) is 5.00 Å². The summed E-state index contributed by atoms with van der Waals surface area (Å²) in [5.74, 6) is 0.396. The van der Waals surface area contributed by atoms with Crippen molar-refractivity contribution in [2.75, 3.05) is 12.8 Å². The predicted molar refractivity (Wildman–Crippen MR) is 68.1 cm³/mol. The first kappa shape index (κ1) is 12.4. The van der Waals surface area contributed by atoms with E-state index in [1.807, 2.05) is 0 Å². The van der Waals surface area contributed by atoms with Crippen molar-refractivity contribution in [1.29, 1.82) is 0 Å². The van der Waals surface area contributed by atoms with Gasteiger partial charge in [0.1, 0.15) is 5.00 Å². The first-order valence-corrected chi connectivity index (χ1v) is 6.86. The van der Waals surface area contributed by atoms with Crippen molar-refractivity contribution in [3.05, 3.63) is 10.7 Å². The van der Waals surface area contributed by atoms with E-state index in [1.165, 1.54) is 44.1 Å². The Morgan fingerprint density at radius 2 is 2.24 bits per heavy atom. The molecule has 1 aliphatic carbocycles. The van der Waals surface area contributed by atoms with Crippen LogP contribution in [-0.2, 0) is 11.2 Å². The molecule has 0 radical (unpaired) electrons. The number of carbonyl (C=O) groups is 1. The Bertz CT molecular complexity index is 397. The normalized spacial score (nSPS) is 16.3. The molecule has 94 valence electrons. The van der Waals surface area contributed by atoms with Crippen molar-refractivity contribution in [3.63, 3.8) is 0 Å². The number of aryl methyl sites for hydroxylation is 1. The zero-order valence-corrected chi connectivity index (χ0v) is 10.9. The summed E-state index contributed by atoms with van der Waals surface area (Å²) in [5.41, 5.74) is 6.03. The summed E-state index contributed by atoms with van der Waals surface area (Å²) in [4.78, 5) is 15.6. The highest BCUT2D eigenvalue weighted by Crippen LogP contribution is 2.30. The van der Waals surface area contributed by atoms with Crippen molar-refractivity contribution in [1.82, 2.24) is 4.98 Å². The van der Waals surface area contributed by atoms with Gasteiger partial charge in [-0.05, 0) is 18.8 Å². The largest absolute Gasteiger partial charge is 0.464 e. The number of nitrogens with two attached hydrogens (primary N) is 1. The quantitative estimate of drug-likeness (QED) is 0.839. The molecule has 0 aromatic carbocycles. The number of esters is 1. The average Bonchev–Trinajstić information content (AvgIpc) is 2.94. The molecule has 0 saturated heterocycles. The molecule has 2 N–H and O–H groups in total. The number of ether oxygens (including phenoxy) is 1. The maximum absolute atomic E-state index is 11.4. The lowest BCUT2D eigenvalue weighted by molar-refractivity contribution is 0.0596. The van der Waals surface area contributed by atoms with Gasteiger partial charge in [0.05, 0.1) is 12.1 Å². The summed E-state index contributed by atoms with van der Waals surface area (Å²) in [6.45, 7) is 0. The molecule has 0 bridgehead atoms. The fourth-order valence-electron chi connectivity index (χ4n) is 2.35. The highest BCUT2D eigenvalue weighted by atomic mass is 32.1. The number of anilines is 1. The van der Waals surface area contributed by atoms with Gasteiger partial charge in [0.2, 0.25) is 0 Å². The van der Waals surface area contributed by atoms with E-state index in [1.54, 1.807) is 0 Å². The smallest absolute Gasteiger partial charge is 0.359 e. The lowest BCUT2D eigenvalue weighted by Gasteiger charge is -2.05. The second-order valence-electron chi connectivity index (χ2n) is 4.50. The van der Waals surface area contributed by atoms with Crippen LogP contribution in [0.3, 0.4) is 0 Å². The highest BCUT2D eigenvalue weighted by molar-refractivity contribution is 7.15. The van der Waals surface area contributed by atoms with Crippen LogP contribution >= 0.6 is 11.3 Å². The lowest BCUT2D eigenvalue weighted by Crippen LogP contribution is -2.05. The fraction of sp³-hybridized carbons (Fsp3) is 0.667. The summed E-state index contributed by atoms with van der Waals surface area (Å²) in [7, 11) is 1.35. The monoisotopic (exact) mass is 254 g/mol. The van der Waals surface area contributed by atoms with E-state index in [0.717, 1.165) is 23.8 Å². The summed E-state index contributed by atoms with van der Waals surface area (Å²) in [6.07, 6.45) is 7.48. The van der Waals surface area contributed by atoms with Gasteiger partial charge < -0.3 is 10.5 Å². The van der Waals surface area contributed by atoms with Gasteiger partial charge in [-0.25, -0.2) is 9.78 Å². The molecule has 0 amide bonds. The molecule has 0 spiro atoms. The zero-order valence-electron chi connectivity index (χ0n) is 10.1. The first-order chi connectivity index (χ1) is 8.20. The van der Waals surface area contributed by atoms with Crippen LogP contribution in [0.1, 0.15) is 47.6 Å². The van der Waals surface area contributed by atoms with E-state index in [0.29, 0.717) is 5.00 Å². The number of nitrogens with zero attached hydrogens (tertiary/aromatic N) is 1. The van der Waals surface area contributed by atoms with E-state index >= 15 is 0 Å². The third kappa shape index (κ3) is 2.97. The Morgan fingerprint density at radius 3 is 2.88 bits per heavy atom. The van der Waals surface area contributed by atoms with Gasteiger partial charge in [-0.2, -0.15) is 0 Å². The molecule has 1 aliphatic rings. The molecule has 4 nitrogen and oxygen atoms in total. The Kier molecular flexibility index (Phi) is 3.99. The molecular weight excluding hydrogens is 236 g/mol. The first-order valence-electron chi connectivity index (χ1n) is 6.04. The molecule has 0 aliphatic heterocycles. The van der Waals surface area contributed by atoms with E-state index < -0.39 is 5.97 Å². The molecule has 0 atom stereocenters. The predicted octanol–water partition coefficient (Wildman–Crippen LogP) is 2.63. The van der Waals surface area contributed by atoms with Gasteiger partial charge in [0.25, 0.3) is 0 Å². The molecular formula is C12H18N2O2S. The van der Waals surface area contributed by atoms with Gasteiger partial charge in [-0.1, -0.05) is 25.7 Å². The minimum Gasteiger partial charge on any atom is -0.464 e. The fourth-order valence-corrected chi connectivity index (χ4v) is 3.19. The average molecular weight is 254 g/mol. The number of carbonyl (C=O) groups excluding carboxylic acids is 1. The maximum atomic E-state index is 11.4. The molecule has 5 heteroatoms. The van der Waals surface area contributed by atoms with Crippen molar-refractivity contribution >= 4 is 22.3 Å². The summed E-state index contributed by atoms with van der Waals surface area (Å²) < 4.78 is 4.63. The van der Waals surface area contributed by atoms with E-state index in [-0.39, 0.29) is 5.69 Å². The summed E-state index contributed by atoms with van der Waals surface area (Å²) in [5, 5.41) is 1.42. The lowest BCUT2D eigenvalue weighted by atomic mass is 10.0. The Hall–Kier alpha value is -1.10. The van der Waals surface area contributed by atoms with E-state index in [9.17, 15) is 4.79 Å². The van der Waals surface area contributed by atoms with Crippen LogP contribution < -0.4 is 5.73 Å². The second kappa shape index (κ2) is 5.49. The maximum Gasteiger partial charge on any atom is 0.359 e. The van der Waals surface area contributed by atoms with Gasteiger partial charge in [-0.15, -0.1) is 11.3 Å². The van der Waals surface area contributed by atoms with Crippen LogP contribution in [0.15, 0.2) is 0 Å². The zero-order chi connectivity index (χ0) is 12.3. The molecule has 0 unspecified atom stereocenters. The third-order valence-electron chi connectivity index (χ3n) is 3.32. The van der Waals surface area contributed by atoms with Crippen molar-refractivity contribution in [2.45, 2.75) is 38.5 Å². The molecule has 1 heterocycles. The SMILES string of the molecule is COC(=O)c1nc(CCC2CCCC2)sc1N. The Labute approximate surface area is 105 Å². The number of methoxy groups -OCH3 is 1. The second-order valence-corrected chi connectivity index (χ2v) is 5.62. The van der Waals surface area contributed by atoms with Gasteiger partial charge in [-0.3, -0.25) is 0 Å². The molecule has 2 rings (SSSR count). The number of nitrogen functional groups attached to an aromatic ring is 1. The van der Waals surface area contributed by atoms with Crippen molar-refractivity contribution in [2.24, 2.45) is 5.92 Å². The van der Waals surface area contributed by atoms with Crippen LogP contribution in [0.2, 0.25) is 0 Å². The number of hydrogen-bond acceptors (Lipinski definition) is 5. The molecule has 1 fully saturated rings. The number of thiazole rings is 1. The molecule has 1 aromatic rings. The summed E-state index contributed by atoms with van der Waals surface area (Å²) >= 11 is 1.41. The van der Waals surface area contributed by atoms with Crippen LogP contribution in [-0.4, -0.2) is 18.1 Å². The van der Waals surface area contributed by atoms with E-state index in [2.05, 4.69) is 9.72 Å². The van der Waals surface area contributed by atoms with Crippen LogP contribution in [0, 0.1) is 5.92 Å². The molecule has 17 heavy (non-hydrogen) atoms. The van der Waals surface area contributed by atoms with Gasteiger partial charge in [0.15, 0.2) is 5.69 Å². The van der Waals surface area contributed by atoms with Crippen molar-refractivity contribution in [3.8, 4) is 0 Å². The minimum absolute atomic E-state index is 0.277. The third-order valence-corrected chi connectivity index (χ3v) is 4.26. The standard InChI is InChI=1S/C12H18N2O2S/c1-16-12(15)10-11(13)17-9(14-10)7-6-8-4-2-3-5-8/h8H,2-7,13H2,1H3. The molecule has 1 aromatic heterocycles. The highest BCUT2D eigenvalue weighted by Gasteiger charge is 2.19. The van der Waals surface area contributed by atoms with Crippen LogP contribution in [0.25, 0.3) is 0 Å². The Morgan fingerprint density at radius 1 is 1.53 bits per heavy atom. The van der Waals surface area contributed by atoms with Gasteiger partial charge in [0, 0.05) is 0 Å². The number of aromatic nitrogens is 1.